The fraction of sp³-hybridized carbons (Fsp3) is 0.435. The zero-order valence-corrected chi connectivity index (χ0v) is 17.9. The Morgan fingerprint density at radius 2 is 2.07 bits per heavy atom. The van der Waals surface area contributed by atoms with Gasteiger partial charge in [0.15, 0.2) is 0 Å². The third-order valence-corrected chi connectivity index (χ3v) is 7.01. The molecule has 1 amide bonds. The maximum Gasteiger partial charge on any atom is 0.262 e. The van der Waals surface area contributed by atoms with Crippen LogP contribution in [0.2, 0.25) is 0 Å². The molecule has 156 valence electrons. The summed E-state index contributed by atoms with van der Waals surface area (Å²) in [6, 6.07) is 7.71. The molecule has 5 rings (SSSR count). The van der Waals surface area contributed by atoms with Crippen LogP contribution in [0.4, 0.5) is 0 Å². The first-order valence-electron chi connectivity index (χ1n) is 10.7. The number of hydrogen-bond acceptors (Lipinski definition) is 5. The molecule has 1 aliphatic heterocycles. The van der Waals surface area contributed by atoms with E-state index in [4.69, 9.17) is 4.74 Å². The van der Waals surface area contributed by atoms with Gasteiger partial charge in [0.25, 0.3) is 11.5 Å². The Balaban J connectivity index is 1.34. The van der Waals surface area contributed by atoms with Gasteiger partial charge in [-0.3, -0.25) is 14.2 Å². The van der Waals surface area contributed by atoms with Crippen molar-refractivity contribution in [1.29, 1.82) is 0 Å². The van der Waals surface area contributed by atoms with Crippen molar-refractivity contribution in [2.75, 3.05) is 13.2 Å². The molecule has 0 N–H and O–H groups in total. The fourth-order valence-corrected chi connectivity index (χ4v) is 5.19. The minimum atomic E-state index is 0.0153. The van der Waals surface area contributed by atoms with Gasteiger partial charge in [-0.15, -0.1) is 11.3 Å². The van der Waals surface area contributed by atoms with E-state index in [1.807, 2.05) is 29.2 Å². The number of benzene rings is 1. The van der Waals surface area contributed by atoms with Gasteiger partial charge >= 0.3 is 0 Å². The lowest BCUT2D eigenvalue weighted by atomic mass is 10.0. The van der Waals surface area contributed by atoms with Crippen molar-refractivity contribution in [1.82, 2.24) is 14.5 Å². The topological polar surface area (TPSA) is 64.4 Å². The van der Waals surface area contributed by atoms with Gasteiger partial charge in [-0.1, -0.05) is 13.3 Å². The van der Waals surface area contributed by atoms with E-state index in [1.54, 1.807) is 22.2 Å². The molecule has 1 aromatic carbocycles. The van der Waals surface area contributed by atoms with E-state index < -0.39 is 0 Å². The Labute approximate surface area is 179 Å². The summed E-state index contributed by atoms with van der Waals surface area (Å²) in [4.78, 5) is 34.3. The summed E-state index contributed by atoms with van der Waals surface area (Å²) in [5.41, 5.74) is 1.83. The summed E-state index contributed by atoms with van der Waals surface area (Å²) >= 11 is 1.55. The Morgan fingerprint density at radius 1 is 1.27 bits per heavy atom. The summed E-state index contributed by atoms with van der Waals surface area (Å²) in [5.74, 6) is 0.810. The highest BCUT2D eigenvalue weighted by atomic mass is 32.1. The van der Waals surface area contributed by atoms with Crippen molar-refractivity contribution in [3.63, 3.8) is 0 Å². The van der Waals surface area contributed by atoms with Crippen LogP contribution in [-0.2, 0) is 13.0 Å². The van der Waals surface area contributed by atoms with Crippen LogP contribution in [0.15, 0.2) is 35.4 Å². The number of rotatable bonds is 6. The molecule has 6 nitrogen and oxygen atoms in total. The molecule has 3 heterocycles. The molecule has 2 aromatic heterocycles. The SMILES string of the molecule is CCCCOc1ccc(C(=O)N2CCc3c(sc4ncn(C5CC5)c(=O)c34)C2)cc1. The Bertz CT molecular complexity index is 1140. The first-order chi connectivity index (χ1) is 14.7. The molecule has 0 saturated heterocycles. The van der Waals surface area contributed by atoms with Gasteiger partial charge in [0.2, 0.25) is 0 Å². The van der Waals surface area contributed by atoms with Crippen molar-refractivity contribution < 1.29 is 9.53 Å². The lowest BCUT2D eigenvalue weighted by molar-refractivity contribution is 0.0737. The van der Waals surface area contributed by atoms with Gasteiger partial charge in [0, 0.05) is 23.0 Å². The number of hydrogen-bond donors (Lipinski definition) is 0. The van der Waals surface area contributed by atoms with Gasteiger partial charge in [-0.05, 0) is 55.5 Å². The molecular formula is C23H25N3O3S. The molecule has 3 aromatic rings. The normalized spacial score (nSPS) is 16.0. The second kappa shape index (κ2) is 7.87. The van der Waals surface area contributed by atoms with Gasteiger partial charge in [-0.2, -0.15) is 0 Å². The van der Waals surface area contributed by atoms with Gasteiger partial charge in [0.05, 0.1) is 24.9 Å². The van der Waals surface area contributed by atoms with Crippen LogP contribution >= 0.6 is 11.3 Å². The molecular weight excluding hydrogens is 398 g/mol. The third kappa shape index (κ3) is 3.51. The predicted molar refractivity (Wildman–Crippen MR) is 117 cm³/mol. The number of nitrogens with zero attached hydrogens (tertiary/aromatic N) is 3. The van der Waals surface area contributed by atoms with Crippen molar-refractivity contribution >= 4 is 27.5 Å². The molecule has 30 heavy (non-hydrogen) atoms. The van der Waals surface area contributed by atoms with E-state index in [9.17, 15) is 9.59 Å². The van der Waals surface area contributed by atoms with E-state index in [2.05, 4.69) is 11.9 Å². The third-order valence-electron chi connectivity index (χ3n) is 5.88. The molecule has 0 radical (unpaired) electrons. The maximum atomic E-state index is 13.0. The quantitative estimate of drug-likeness (QED) is 0.558. The average molecular weight is 424 g/mol. The van der Waals surface area contributed by atoms with Crippen LogP contribution in [0.1, 0.15) is 59.4 Å². The minimum absolute atomic E-state index is 0.0153. The van der Waals surface area contributed by atoms with Gasteiger partial charge < -0.3 is 9.64 Å². The number of amides is 1. The zero-order chi connectivity index (χ0) is 20.7. The van der Waals surface area contributed by atoms with Crippen molar-refractivity contribution in [3.05, 3.63) is 57.0 Å². The Kier molecular flexibility index (Phi) is 5.06. The maximum absolute atomic E-state index is 13.0. The zero-order valence-electron chi connectivity index (χ0n) is 17.1. The van der Waals surface area contributed by atoms with Gasteiger partial charge in [-0.25, -0.2) is 4.98 Å². The smallest absolute Gasteiger partial charge is 0.262 e. The van der Waals surface area contributed by atoms with E-state index in [1.165, 1.54) is 0 Å². The summed E-state index contributed by atoms with van der Waals surface area (Å²) < 4.78 is 7.48. The van der Waals surface area contributed by atoms with E-state index in [-0.39, 0.29) is 11.5 Å². The number of carbonyl (C=O) groups is 1. The highest BCUT2D eigenvalue weighted by Gasteiger charge is 2.30. The molecule has 0 unspecified atom stereocenters. The van der Waals surface area contributed by atoms with Crippen molar-refractivity contribution in [2.24, 2.45) is 0 Å². The minimum Gasteiger partial charge on any atom is -0.494 e. The Hall–Kier alpha value is -2.67. The summed E-state index contributed by atoms with van der Waals surface area (Å²) in [6.45, 7) is 3.97. The molecule has 7 heteroatoms. The van der Waals surface area contributed by atoms with Crippen molar-refractivity contribution in [2.45, 2.75) is 51.6 Å². The van der Waals surface area contributed by atoms with Crippen LogP contribution in [-0.4, -0.2) is 33.5 Å². The van der Waals surface area contributed by atoms with Crippen LogP contribution in [0.25, 0.3) is 10.2 Å². The van der Waals surface area contributed by atoms with E-state index in [0.29, 0.717) is 37.7 Å². The lowest BCUT2D eigenvalue weighted by Crippen LogP contribution is -2.35. The molecule has 1 saturated carbocycles. The fourth-order valence-electron chi connectivity index (χ4n) is 3.99. The molecule has 2 aliphatic rings. The Morgan fingerprint density at radius 3 is 2.80 bits per heavy atom. The molecule has 0 bridgehead atoms. The summed E-state index contributed by atoms with van der Waals surface area (Å²) in [6.07, 6.45) is 6.62. The molecule has 0 atom stereocenters. The second-order valence-corrected chi connectivity index (χ2v) is 9.16. The number of aromatic nitrogens is 2. The highest BCUT2D eigenvalue weighted by molar-refractivity contribution is 7.18. The first-order valence-corrected chi connectivity index (χ1v) is 11.5. The standard InChI is InChI=1S/C23H25N3O3S/c1-2-3-12-29-17-8-4-15(5-9-17)22(27)25-11-10-18-19(13-25)30-21-20(18)23(28)26(14-24-21)16-6-7-16/h4-5,8-9,14,16H,2-3,6-7,10-13H2,1H3. The number of unbranched alkanes of at least 4 members (excludes halogenated alkanes) is 1. The number of fused-ring (bicyclic) bond motifs is 3. The summed E-state index contributed by atoms with van der Waals surface area (Å²) in [5, 5.41) is 0.769. The predicted octanol–water partition coefficient (Wildman–Crippen LogP) is 4.17. The van der Waals surface area contributed by atoms with Gasteiger partial charge in [0.1, 0.15) is 10.6 Å². The average Bonchev–Trinajstić information content (AvgIpc) is 3.53. The van der Waals surface area contributed by atoms with Crippen LogP contribution in [0, 0.1) is 0 Å². The van der Waals surface area contributed by atoms with E-state index in [0.717, 1.165) is 52.1 Å². The molecule has 1 fully saturated rings. The van der Waals surface area contributed by atoms with E-state index >= 15 is 0 Å². The van der Waals surface area contributed by atoms with Crippen molar-refractivity contribution in [3.8, 4) is 5.75 Å². The molecule has 0 spiro atoms. The second-order valence-electron chi connectivity index (χ2n) is 8.08. The number of thiophene rings is 1. The summed E-state index contributed by atoms with van der Waals surface area (Å²) in [7, 11) is 0. The number of carbonyl (C=O) groups excluding carboxylic acids is 1. The van der Waals surface area contributed by atoms with Crippen LogP contribution in [0.5, 0.6) is 5.75 Å². The lowest BCUT2D eigenvalue weighted by Gasteiger charge is -2.27. The van der Waals surface area contributed by atoms with Crippen LogP contribution < -0.4 is 10.3 Å². The first kappa shape index (κ1) is 19.3. The monoisotopic (exact) mass is 423 g/mol. The number of ether oxygens (including phenoxy) is 1. The van der Waals surface area contributed by atoms with Crippen LogP contribution in [0.3, 0.4) is 0 Å². The molecule has 1 aliphatic carbocycles. The largest absolute Gasteiger partial charge is 0.494 e. The highest BCUT2D eigenvalue weighted by Crippen LogP contribution is 2.36.